The summed E-state index contributed by atoms with van der Waals surface area (Å²) in [5.41, 5.74) is -0.523. The molecule has 1 aromatic rings. The van der Waals surface area contributed by atoms with Crippen molar-refractivity contribution in [1.82, 2.24) is 4.31 Å². The molecule has 1 N–H and O–H groups in total. The van der Waals surface area contributed by atoms with Crippen LogP contribution in [0, 0.1) is 0 Å². The van der Waals surface area contributed by atoms with Crippen molar-refractivity contribution in [3.05, 3.63) is 35.9 Å². The van der Waals surface area contributed by atoms with Gasteiger partial charge in [0.1, 0.15) is 5.54 Å². The minimum Gasteiger partial charge on any atom is -0.480 e. The number of aryl methyl sites for hydroxylation is 1. The second kappa shape index (κ2) is 6.37. The molecule has 0 amide bonds. The lowest BCUT2D eigenvalue weighted by atomic mass is 10.1. The van der Waals surface area contributed by atoms with Crippen molar-refractivity contribution >= 4 is 16.0 Å². The zero-order valence-corrected chi connectivity index (χ0v) is 12.9. The highest BCUT2D eigenvalue weighted by atomic mass is 32.2. The number of aliphatic carboxylic acids is 1. The standard InChI is InChI=1S/C14H21NO4S/c1-4-15(14(2,3)13(16)17)20(18,19)11-10-12-8-6-5-7-9-12/h5-9H,4,10-11H2,1-3H3,(H,16,17). The quantitative estimate of drug-likeness (QED) is 0.832. The first-order chi connectivity index (χ1) is 9.21. The molecule has 0 aliphatic rings. The number of nitrogens with zero attached hydrogens (tertiary/aromatic N) is 1. The van der Waals surface area contributed by atoms with Gasteiger partial charge < -0.3 is 5.11 Å². The molecule has 112 valence electrons. The molecule has 0 aromatic heterocycles. The van der Waals surface area contributed by atoms with Gasteiger partial charge in [-0.15, -0.1) is 0 Å². The SMILES string of the molecule is CCN(C(C)(C)C(=O)O)S(=O)(=O)CCc1ccccc1. The Hall–Kier alpha value is -1.40. The molecule has 1 rings (SSSR count). The molecule has 0 aliphatic heterocycles. The summed E-state index contributed by atoms with van der Waals surface area (Å²) in [4.78, 5) is 11.2. The van der Waals surface area contributed by atoms with Crippen molar-refractivity contribution in [2.24, 2.45) is 0 Å². The summed E-state index contributed by atoms with van der Waals surface area (Å²) in [6, 6.07) is 9.27. The fraction of sp³-hybridized carbons (Fsp3) is 0.500. The van der Waals surface area contributed by atoms with Gasteiger partial charge in [-0.2, -0.15) is 4.31 Å². The molecule has 0 unspecified atom stereocenters. The lowest BCUT2D eigenvalue weighted by molar-refractivity contribution is -0.146. The van der Waals surface area contributed by atoms with E-state index in [2.05, 4.69) is 0 Å². The van der Waals surface area contributed by atoms with Crippen molar-refractivity contribution in [2.45, 2.75) is 32.7 Å². The van der Waals surface area contributed by atoms with E-state index in [9.17, 15) is 18.3 Å². The molecule has 0 radical (unpaired) electrons. The van der Waals surface area contributed by atoms with Crippen LogP contribution in [0.3, 0.4) is 0 Å². The van der Waals surface area contributed by atoms with Crippen molar-refractivity contribution in [3.63, 3.8) is 0 Å². The third kappa shape index (κ3) is 3.80. The van der Waals surface area contributed by atoms with Gasteiger partial charge in [0, 0.05) is 6.54 Å². The number of hydrogen-bond donors (Lipinski definition) is 1. The van der Waals surface area contributed by atoms with Crippen LogP contribution in [-0.4, -0.2) is 41.6 Å². The summed E-state index contributed by atoms with van der Waals surface area (Å²) in [7, 11) is -3.62. The smallest absolute Gasteiger partial charge is 0.324 e. The lowest BCUT2D eigenvalue weighted by Crippen LogP contribution is -2.53. The van der Waals surface area contributed by atoms with Crippen molar-refractivity contribution in [2.75, 3.05) is 12.3 Å². The Morgan fingerprint density at radius 1 is 1.25 bits per heavy atom. The Balaban J connectivity index is 2.89. The minimum absolute atomic E-state index is 0.0957. The monoisotopic (exact) mass is 299 g/mol. The molecule has 5 nitrogen and oxygen atoms in total. The van der Waals surface area contributed by atoms with E-state index in [0.717, 1.165) is 9.87 Å². The molecular weight excluding hydrogens is 278 g/mol. The first-order valence-electron chi connectivity index (χ1n) is 6.49. The molecule has 0 aliphatic carbocycles. The van der Waals surface area contributed by atoms with Crippen LogP contribution in [0.25, 0.3) is 0 Å². The van der Waals surface area contributed by atoms with Gasteiger partial charge in [-0.1, -0.05) is 37.3 Å². The lowest BCUT2D eigenvalue weighted by Gasteiger charge is -2.33. The maximum Gasteiger partial charge on any atom is 0.324 e. The normalized spacial score (nSPS) is 12.6. The maximum atomic E-state index is 12.3. The minimum atomic E-state index is -3.62. The summed E-state index contributed by atoms with van der Waals surface area (Å²) in [6.45, 7) is 4.58. The van der Waals surface area contributed by atoms with Crippen molar-refractivity contribution < 1.29 is 18.3 Å². The third-order valence-electron chi connectivity index (χ3n) is 3.26. The average Bonchev–Trinajstić information content (AvgIpc) is 2.37. The van der Waals surface area contributed by atoms with Gasteiger partial charge in [0.05, 0.1) is 5.75 Å². The topological polar surface area (TPSA) is 74.7 Å². The van der Waals surface area contributed by atoms with E-state index in [-0.39, 0.29) is 12.3 Å². The number of carboxylic acids is 1. The van der Waals surface area contributed by atoms with Crippen molar-refractivity contribution in [1.29, 1.82) is 0 Å². The van der Waals surface area contributed by atoms with E-state index in [0.29, 0.717) is 6.42 Å². The summed E-state index contributed by atoms with van der Waals surface area (Å²) in [5, 5.41) is 9.19. The first-order valence-corrected chi connectivity index (χ1v) is 8.10. The molecule has 0 atom stereocenters. The van der Waals surface area contributed by atoms with Crippen molar-refractivity contribution in [3.8, 4) is 0 Å². The summed E-state index contributed by atoms with van der Waals surface area (Å²) < 4.78 is 25.7. The zero-order valence-electron chi connectivity index (χ0n) is 12.0. The van der Waals surface area contributed by atoms with E-state index < -0.39 is 21.5 Å². The van der Waals surface area contributed by atoms with Gasteiger partial charge in [-0.05, 0) is 25.8 Å². The molecule has 0 bridgehead atoms. The average molecular weight is 299 g/mol. The zero-order chi connectivity index (χ0) is 15.4. The van der Waals surface area contributed by atoms with Crippen LogP contribution in [0.4, 0.5) is 0 Å². The fourth-order valence-electron chi connectivity index (χ4n) is 2.05. The van der Waals surface area contributed by atoms with Crippen LogP contribution in [0.15, 0.2) is 30.3 Å². The van der Waals surface area contributed by atoms with E-state index in [1.807, 2.05) is 30.3 Å². The van der Waals surface area contributed by atoms with Crippen LogP contribution >= 0.6 is 0 Å². The van der Waals surface area contributed by atoms with Crippen LogP contribution in [0.5, 0.6) is 0 Å². The molecular formula is C14H21NO4S. The van der Waals surface area contributed by atoms with Crippen LogP contribution in [0.2, 0.25) is 0 Å². The second-order valence-electron chi connectivity index (χ2n) is 5.08. The Bertz CT molecular complexity index is 552. The Morgan fingerprint density at radius 3 is 2.25 bits per heavy atom. The van der Waals surface area contributed by atoms with Gasteiger partial charge in [-0.3, -0.25) is 4.79 Å². The molecule has 6 heteroatoms. The number of carboxylic acid groups (broad SMARTS) is 1. The third-order valence-corrected chi connectivity index (χ3v) is 5.37. The molecule has 0 saturated heterocycles. The number of rotatable bonds is 7. The van der Waals surface area contributed by atoms with E-state index in [1.165, 1.54) is 13.8 Å². The largest absolute Gasteiger partial charge is 0.480 e. The molecule has 20 heavy (non-hydrogen) atoms. The van der Waals surface area contributed by atoms with Crippen LogP contribution in [-0.2, 0) is 21.2 Å². The van der Waals surface area contributed by atoms with Gasteiger partial charge in [-0.25, -0.2) is 8.42 Å². The Labute approximate surface area is 120 Å². The molecule has 0 heterocycles. The summed E-state index contributed by atoms with van der Waals surface area (Å²) in [6.07, 6.45) is 0.370. The number of hydrogen-bond acceptors (Lipinski definition) is 3. The summed E-state index contributed by atoms with van der Waals surface area (Å²) >= 11 is 0. The molecule has 1 aromatic carbocycles. The molecule has 0 fully saturated rings. The van der Waals surface area contributed by atoms with E-state index in [4.69, 9.17) is 0 Å². The highest BCUT2D eigenvalue weighted by molar-refractivity contribution is 7.89. The Morgan fingerprint density at radius 2 is 1.80 bits per heavy atom. The van der Waals surface area contributed by atoms with Gasteiger partial charge in [0.15, 0.2) is 0 Å². The molecule has 0 saturated carbocycles. The van der Waals surface area contributed by atoms with Crippen LogP contribution < -0.4 is 0 Å². The number of benzene rings is 1. The second-order valence-corrected chi connectivity index (χ2v) is 7.09. The fourth-order valence-corrected chi connectivity index (χ4v) is 3.93. The Kier molecular flexibility index (Phi) is 5.30. The highest BCUT2D eigenvalue weighted by Gasteiger charge is 2.40. The predicted molar refractivity (Wildman–Crippen MR) is 78.0 cm³/mol. The van der Waals surface area contributed by atoms with E-state index >= 15 is 0 Å². The maximum absolute atomic E-state index is 12.3. The predicted octanol–water partition coefficient (Wildman–Crippen LogP) is 1.74. The highest BCUT2D eigenvalue weighted by Crippen LogP contribution is 2.20. The van der Waals surface area contributed by atoms with Gasteiger partial charge in [0.25, 0.3) is 0 Å². The van der Waals surface area contributed by atoms with Gasteiger partial charge >= 0.3 is 5.97 Å². The molecule has 0 spiro atoms. The first kappa shape index (κ1) is 16.7. The van der Waals surface area contributed by atoms with Gasteiger partial charge in [0.2, 0.25) is 10.0 Å². The number of carbonyl (C=O) groups is 1. The number of likely N-dealkylation sites (N-methyl/N-ethyl adjacent to an activating group) is 1. The van der Waals surface area contributed by atoms with E-state index in [1.54, 1.807) is 6.92 Å². The summed E-state index contributed by atoms with van der Waals surface area (Å²) in [5.74, 6) is -1.25. The van der Waals surface area contributed by atoms with Crippen LogP contribution in [0.1, 0.15) is 26.3 Å². The number of sulfonamides is 1.